The van der Waals surface area contributed by atoms with Gasteiger partial charge in [-0.05, 0) is 24.3 Å². The highest BCUT2D eigenvalue weighted by molar-refractivity contribution is 7.10. The topological polar surface area (TPSA) is 81.4 Å². The zero-order chi connectivity index (χ0) is 13.2. The van der Waals surface area contributed by atoms with Gasteiger partial charge in [0.2, 0.25) is 5.91 Å². The predicted octanol–water partition coefficient (Wildman–Crippen LogP) is 0.960. The van der Waals surface area contributed by atoms with Crippen LogP contribution in [0.4, 0.5) is 0 Å². The van der Waals surface area contributed by atoms with Gasteiger partial charge in [-0.15, -0.1) is 11.3 Å². The molecule has 1 atom stereocenters. The minimum atomic E-state index is -0.731. The molecular formula is C12H16N2O3S. The zero-order valence-corrected chi connectivity index (χ0v) is 11.0. The number of esters is 1. The maximum atomic E-state index is 11.9. The number of carbonyl (C=O) groups excluding carboxylic acids is 2. The van der Waals surface area contributed by atoms with E-state index in [1.165, 1.54) is 18.4 Å². The quantitative estimate of drug-likeness (QED) is 0.779. The fourth-order valence-electron chi connectivity index (χ4n) is 1.63. The second-order valence-electron chi connectivity index (χ2n) is 4.48. The van der Waals surface area contributed by atoms with Crippen molar-refractivity contribution < 1.29 is 14.3 Å². The summed E-state index contributed by atoms with van der Waals surface area (Å²) in [5.41, 5.74) is 5.10. The minimum absolute atomic E-state index is 0.124. The van der Waals surface area contributed by atoms with Gasteiger partial charge < -0.3 is 15.8 Å². The van der Waals surface area contributed by atoms with E-state index in [9.17, 15) is 9.59 Å². The van der Waals surface area contributed by atoms with Crippen LogP contribution in [0.5, 0.6) is 0 Å². The lowest BCUT2D eigenvalue weighted by molar-refractivity contribution is -0.141. The summed E-state index contributed by atoms with van der Waals surface area (Å²) in [6.07, 6.45) is 1.53. The molecule has 0 aromatic carbocycles. The molecule has 5 nitrogen and oxygen atoms in total. The number of hydrogen-bond donors (Lipinski definition) is 2. The Balaban J connectivity index is 2.05. The van der Waals surface area contributed by atoms with Crippen molar-refractivity contribution in [3.8, 4) is 0 Å². The van der Waals surface area contributed by atoms with Crippen LogP contribution in [0.1, 0.15) is 30.2 Å². The third-order valence-corrected chi connectivity index (χ3v) is 4.02. The van der Waals surface area contributed by atoms with Gasteiger partial charge in [0.15, 0.2) is 0 Å². The van der Waals surface area contributed by atoms with Crippen LogP contribution in [0, 0.1) is 0 Å². The van der Waals surface area contributed by atoms with Crippen LogP contribution in [-0.4, -0.2) is 24.5 Å². The molecule has 3 N–H and O–H groups in total. The largest absolute Gasteiger partial charge is 0.469 e. The summed E-state index contributed by atoms with van der Waals surface area (Å²) in [5, 5.41) is 4.74. The van der Waals surface area contributed by atoms with Crippen molar-refractivity contribution in [3.05, 3.63) is 22.4 Å². The molecule has 1 fully saturated rings. The van der Waals surface area contributed by atoms with Crippen molar-refractivity contribution in [2.45, 2.75) is 30.8 Å². The lowest BCUT2D eigenvalue weighted by Gasteiger charge is -2.18. The second kappa shape index (κ2) is 5.07. The van der Waals surface area contributed by atoms with E-state index in [4.69, 9.17) is 5.73 Å². The van der Waals surface area contributed by atoms with E-state index in [2.05, 4.69) is 10.1 Å². The first-order valence-electron chi connectivity index (χ1n) is 5.75. The van der Waals surface area contributed by atoms with Crippen LogP contribution in [0.2, 0.25) is 0 Å². The molecule has 2 rings (SSSR count). The van der Waals surface area contributed by atoms with E-state index in [1.54, 1.807) is 0 Å². The summed E-state index contributed by atoms with van der Waals surface area (Å²) in [4.78, 5) is 24.2. The maximum absolute atomic E-state index is 11.9. The van der Waals surface area contributed by atoms with Crippen molar-refractivity contribution in [2.24, 2.45) is 5.73 Å². The van der Waals surface area contributed by atoms with Gasteiger partial charge in [0.05, 0.1) is 25.1 Å². The molecule has 1 aromatic rings. The maximum Gasteiger partial charge on any atom is 0.307 e. The zero-order valence-electron chi connectivity index (χ0n) is 10.1. The Morgan fingerprint density at radius 3 is 2.83 bits per heavy atom. The van der Waals surface area contributed by atoms with E-state index in [0.717, 1.165) is 4.88 Å². The smallest absolute Gasteiger partial charge is 0.307 e. The summed E-state index contributed by atoms with van der Waals surface area (Å²) in [7, 11) is 1.33. The highest BCUT2D eigenvalue weighted by atomic mass is 32.1. The summed E-state index contributed by atoms with van der Waals surface area (Å²) in [6.45, 7) is 0. The summed E-state index contributed by atoms with van der Waals surface area (Å²) in [5.74, 6) is -0.541. The number of amides is 1. The van der Waals surface area contributed by atoms with Crippen LogP contribution in [-0.2, 0) is 14.3 Å². The Labute approximate surface area is 109 Å². The molecule has 98 valence electrons. The van der Waals surface area contributed by atoms with E-state index in [1.807, 2.05) is 17.5 Å². The van der Waals surface area contributed by atoms with Gasteiger partial charge in [0, 0.05) is 4.88 Å². The van der Waals surface area contributed by atoms with E-state index >= 15 is 0 Å². The Hall–Kier alpha value is -1.40. The minimum Gasteiger partial charge on any atom is -0.469 e. The highest BCUT2D eigenvalue weighted by Crippen LogP contribution is 2.33. The van der Waals surface area contributed by atoms with Crippen LogP contribution >= 0.6 is 11.3 Å². The first kappa shape index (κ1) is 13.0. The number of nitrogens with one attached hydrogen (secondary N) is 1. The molecule has 1 aromatic heterocycles. The Bertz CT molecular complexity index is 440. The fourth-order valence-corrected chi connectivity index (χ4v) is 2.40. The van der Waals surface area contributed by atoms with Crippen LogP contribution in [0.3, 0.4) is 0 Å². The molecule has 0 saturated heterocycles. The Morgan fingerprint density at radius 1 is 1.61 bits per heavy atom. The molecule has 0 spiro atoms. The van der Waals surface area contributed by atoms with E-state index < -0.39 is 5.54 Å². The van der Waals surface area contributed by atoms with Gasteiger partial charge in [-0.2, -0.15) is 0 Å². The van der Waals surface area contributed by atoms with Crippen molar-refractivity contribution in [3.63, 3.8) is 0 Å². The normalized spacial score (nSPS) is 17.9. The first-order chi connectivity index (χ1) is 8.55. The summed E-state index contributed by atoms with van der Waals surface area (Å²) < 4.78 is 4.64. The standard InChI is InChI=1S/C12H16N2O3S/c1-17-10(15)7-8(9-3-2-6-18-9)14-11(16)12(13)4-5-12/h2-3,6,8H,4-5,7,13H2,1H3,(H,14,16). The number of thiophene rings is 1. The van der Waals surface area contributed by atoms with Crippen LogP contribution < -0.4 is 11.1 Å². The van der Waals surface area contributed by atoms with Crippen LogP contribution in [0.15, 0.2) is 17.5 Å². The highest BCUT2D eigenvalue weighted by Gasteiger charge is 2.46. The van der Waals surface area contributed by atoms with Crippen molar-refractivity contribution in [1.82, 2.24) is 5.32 Å². The van der Waals surface area contributed by atoms with Crippen molar-refractivity contribution in [2.75, 3.05) is 7.11 Å². The van der Waals surface area contributed by atoms with Crippen LogP contribution in [0.25, 0.3) is 0 Å². The number of carbonyl (C=O) groups is 2. The van der Waals surface area contributed by atoms with Crippen molar-refractivity contribution >= 4 is 23.2 Å². The number of methoxy groups -OCH3 is 1. The Morgan fingerprint density at radius 2 is 2.33 bits per heavy atom. The molecule has 1 aliphatic carbocycles. The summed E-state index contributed by atoms with van der Waals surface area (Å²) >= 11 is 1.49. The Kier molecular flexibility index (Phi) is 3.68. The molecule has 0 aliphatic heterocycles. The van der Waals surface area contributed by atoms with Gasteiger partial charge in [0.25, 0.3) is 0 Å². The van der Waals surface area contributed by atoms with Gasteiger partial charge in [-0.25, -0.2) is 0 Å². The number of nitrogens with two attached hydrogens (primary N) is 1. The molecule has 1 saturated carbocycles. The number of rotatable bonds is 5. The lowest BCUT2D eigenvalue weighted by Crippen LogP contribution is -2.44. The molecule has 6 heteroatoms. The molecule has 1 amide bonds. The van der Waals surface area contributed by atoms with Gasteiger partial charge >= 0.3 is 5.97 Å². The fraction of sp³-hybridized carbons (Fsp3) is 0.500. The molecule has 0 radical (unpaired) electrons. The average Bonchev–Trinajstić information content (AvgIpc) is 2.91. The monoisotopic (exact) mass is 268 g/mol. The molecule has 0 bridgehead atoms. The molecule has 1 aliphatic rings. The van der Waals surface area contributed by atoms with E-state index in [0.29, 0.717) is 12.8 Å². The van der Waals surface area contributed by atoms with Gasteiger partial charge in [-0.1, -0.05) is 6.07 Å². The van der Waals surface area contributed by atoms with Gasteiger partial charge in [-0.3, -0.25) is 9.59 Å². The molecule has 1 heterocycles. The van der Waals surface area contributed by atoms with E-state index in [-0.39, 0.29) is 24.3 Å². The SMILES string of the molecule is COC(=O)CC(NC(=O)C1(N)CC1)c1cccs1. The third kappa shape index (κ3) is 2.88. The van der Waals surface area contributed by atoms with Crippen molar-refractivity contribution in [1.29, 1.82) is 0 Å². The first-order valence-corrected chi connectivity index (χ1v) is 6.63. The second-order valence-corrected chi connectivity index (χ2v) is 5.46. The molecular weight excluding hydrogens is 252 g/mol. The number of ether oxygens (including phenoxy) is 1. The number of hydrogen-bond acceptors (Lipinski definition) is 5. The predicted molar refractivity (Wildman–Crippen MR) is 68.0 cm³/mol. The summed E-state index contributed by atoms with van der Waals surface area (Å²) in [6, 6.07) is 3.41. The molecule has 18 heavy (non-hydrogen) atoms. The lowest BCUT2D eigenvalue weighted by atomic mass is 10.1. The molecule has 1 unspecified atom stereocenters. The third-order valence-electron chi connectivity index (χ3n) is 3.03. The average molecular weight is 268 g/mol. The van der Waals surface area contributed by atoms with Gasteiger partial charge in [0.1, 0.15) is 0 Å².